The Morgan fingerprint density at radius 1 is 1.50 bits per heavy atom. The molecule has 2 fully saturated rings. The van der Waals surface area contributed by atoms with E-state index in [9.17, 15) is 5.11 Å². The second-order valence-electron chi connectivity index (χ2n) is 4.49. The van der Waals surface area contributed by atoms with Gasteiger partial charge in [0.1, 0.15) is 0 Å². The molecule has 0 aromatic rings. The highest BCUT2D eigenvalue weighted by Gasteiger charge is 2.38. The number of rotatable bonds is 2. The third kappa shape index (κ3) is 1.80. The predicted octanol–water partition coefficient (Wildman–Crippen LogP) is 1.72. The lowest BCUT2D eigenvalue weighted by molar-refractivity contribution is -0.0373. The van der Waals surface area contributed by atoms with Crippen molar-refractivity contribution in [1.82, 2.24) is 0 Å². The summed E-state index contributed by atoms with van der Waals surface area (Å²) in [5, 5.41) is 10.1. The summed E-state index contributed by atoms with van der Waals surface area (Å²) < 4.78 is 5.19. The highest BCUT2D eigenvalue weighted by Crippen LogP contribution is 2.38. The minimum Gasteiger partial charge on any atom is -0.390 e. The molecule has 2 heteroatoms. The van der Waals surface area contributed by atoms with Gasteiger partial charge in [0.2, 0.25) is 0 Å². The van der Waals surface area contributed by atoms with Gasteiger partial charge in [-0.3, -0.25) is 0 Å². The van der Waals surface area contributed by atoms with Crippen molar-refractivity contribution in [2.75, 3.05) is 6.61 Å². The third-order valence-corrected chi connectivity index (χ3v) is 3.31. The van der Waals surface area contributed by atoms with Crippen LogP contribution in [0.1, 0.15) is 39.0 Å². The van der Waals surface area contributed by atoms with E-state index in [1.54, 1.807) is 0 Å². The first-order chi connectivity index (χ1) is 5.68. The van der Waals surface area contributed by atoms with Crippen LogP contribution < -0.4 is 0 Å². The smallest absolute Gasteiger partial charge is 0.0813 e. The zero-order valence-electron chi connectivity index (χ0n) is 7.75. The standard InChI is InChI=1S/C10H18O2/c1-10(11)5-3-2-4-8(10)6-9-7-12-9/h8-9,11H,2-7H2,1H3/t8-,9?,10+/m0/s1. The first-order valence-corrected chi connectivity index (χ1v) is 5.02. The Labute approximate surface area is 73.9 Å². The summed E-state index contributed by atoms with van der Waals surface area (Å²) in [5.74, 6) is 0.485. The Kier molecular flexibility index (Phi) is 2.13. The molecule has 0 radical (unpaired) electrons. The average molecular weight is 170 g/mol. The van der Waals surface area contributed by atoms with Crippen LogP contribution in [0, 0.1) is 5.92 Å². The molecule has 2 nitrogen and oxygen atoms in total. The summed E-state index contributed by atoms with van der Waals surface area (Å²) in [6.07, 6.45) is 6.19. The molecule has 3 atom stereocenters. The first-order valence-electron chi connectivity index (χ1n) is 5.02. The Morgan fingerprint density at radius 2 is 2.25 bits per heavy atom. The van der Waals surface area contributed by atoms with Crippen LogP contribution in [-0.2, 0) is 4.74 Å². The van der Waals surface area contributed by atoms with Gasteiger partial charge in [0.25, 0.3) is 0 Å². The number of hydrogen-bond acceptors (Lipinski definition) is 2. The molecular formula is C10H18O2. The van der Waals surface area contributed by atoms with E-state index in [4.69, 9.17) is 4.74 Å². The fourth-order valence-electron chi connectivity index (χ4n) is 2.28. The Hall–Kier alpha value is -0.0800. The molecule has 12 heavy (non-hydrogen) atoms. The Bertz CT molecular complexity index is 161. The maximum Gasteiger partial charge on any atom is 0.0813 e. The number of aliphatic hydroxyl groups is 1. The first kappa shape index (κ1) is 8.52. The average Bonchev–Trinajstić information content (AvgIpc) is 2.77. The SMILES string of the molecule is C[C@@]1(O)CCCC[C@H]1CC1CO1. The van der Waals surface area contributed by atoms with Crippen molar-refractivity contribution in [2.45, 2.75) is 50.7 Å². The van der Waals surface area contributed by atoms with Gasteiger partial charge < -0.3 is 9.84 Å². The second kappa shape index (κ2) is 3.00. The van der Waals surface area contributed by atoms with Gasteiger partial charge in [-0.1, -0.05) is 12.8 Å². The summed E-state index contributed by atoms with van der Waals surface area (Å²) in [7, 11) is 0. The topological polar surface area (TPSA) is 32.8 Å². The summed E-state index contributed by atoms with van der Waals surface area (Å²) >= 11 is 0. The van der Waals surface area contributed by atoms with E-state index in [0.29, 0.717) is 12.0 Å². The van der Waals surface area contributed by atoms with Crippen LogP contribution in [0.2, 0.25) is 0 Å². The molecule has 1 N–H and O–H groups in total. The van der Waals surface area contributed by atoms with Gasteiger partial charge in [-0.2, -0.15) is 0 Å². The van der Waals surface area contributed by atoms with E-state index in [1.165, 1.54) is 19.3 Å². The highest BCUT2D eigenvalue weighted by molar-refractivity contribution is 4.89. The van der Waals surface area contributed by atoms with Crippen molar-refractivity contribution in [1.29, 1.82) is 0 Å². The van der Waals surface area contributed by atoms with Crippen LogP contribution in [-0.4, -0.2) is 23.4 Å². The van der Waals surface area contributed by atoms with Crippen molar-refractivity contribution < 1.29 is 9.84 Å². The maximum absolute atomic E-state index is 10.1. The molecule has 1 unspecified atom stereocenters. The summed E-state index contributed by atoms with van der Waals surface area (Å²) in [6.45, 7) is 2.91. The van der Waals surface area contributed by atoms with Gasteiger partial charge >= 0.3 is 0 Å². The lowest BCUT2D eigenvalue weighted by Crippen LogP contribution is -2.38. The molecule has 2 aliphatic rings. The van der Waals surface area contributed by atoms with Gasteiger partial charge in [0.15, 0.2) is 0 Å². The van der Waals surface area contributed by atoms with Crippen molar-refractivity contribution >= 4 is 0 Å². The van der Waals surface area contributed by atoms with Crippen LogP contribution in [0.4, 0.5) is 0 Å². The van der Waals surface area contributed by atoms with Crippen LogP contribution in [0.3, 0.4) is 0 Å². The van der Waals surface area contributed by atoms with E-state index in [0.717, 1.165) is 19.4 Å². The van der Waals surface area contributed by atoms with Crippen molar-refractivity contribution in [3.63, 3.8) is 0 Å². The van der Waals surface area contributed by atoms with E-state index >= 15 is 0 Å². The molecule has 1 aliphatic carbocycles. The van der Waals surface area contributed by atoms with Crippen LogP contribution in [0.25, 0.3) is 0 Å². The molecule has 2 rings (SSSR count). The molecule has 0 aromatic carbocycles. The van der Waals surface area contributed by atoms with Gasteiger partial charge in [-0.25, -0.2) is 0 Å². The minimum atomic E-state index is -0.412. The van der Waals surface area contributed by atoms with E-state index in [-0.39, 0.29) is 0 Å². The quantitative estimate of drug-likeness (QED) is 0.640. The molecule has 0 bridgehead atoms. The fraction of sp³-hybridized carbons (Fsp3) is 1.00. The van der Waals surface area contributed by atoms with E-state index in [1.807, 2.05) is 6.92 Å². The fourth-order valence-corrected chi connectivity index (χ4v) is 2.28. The van der Waals surface area contributed by atoms with Crippen molar-refractivity contribution in [2.24, 2.45) is 5.92 Å². The monoisotopic (exact) mass is 170 g/mol. The molecule has 1 saturated heterocycles. The minimum absolute atomic E-state index is 0.412. The third-order valence-electron chi connectivity index (χ3n) is 3.31. The maximum atomic E-state index is 10.1. The van der Waals surface area contributed by atoms with E-state index < -0.39 is 5.60 Å². The summed E-state index contributed by atoms with van der Waals surface area (Å²) in [5.41, 5.74) is -0.412. The van der Waals surface area contributed by atoms with Gasteiger partial charge in [-0.15, -0.1) is 0 Å². The normalized spacial score (nSPS) is 47.5. The predicted molar refractivity (Wildman–Crippen MR) is 46.9 cm³/mol. The Morgan fingerprint density at radius 3 is 2.83 bits per heavy atom. The van der Waals surface area contributed by atoms with Crippen molar-refractivity contribution in [3.8, 4) is 0 Å². The second-order valence-corrected chi connectivity index (χ2v) is 4.49. The number of hydrogen-bond donors (Lipinski definition) is 1. The molecule has 0 amide bonds. The molecular weight excluding hydrogens is 152 g/mol. The summed E-state index contributed by atoms with van der Waals surface area (Å²) in [6, 6.07) is 0. The molecule has 1 aliphatic heterocycles. The van der Waals surface area contributed by atoms with Crippen LogP contribution in [0.5, 0.6) is 0 Å². The highest BCUT2D eigenvalue weighted by atomic mass is 16.6. The zero-order chi connectivity index (χ0) is 8.60. The molecule has 0 spiro atoms. The van der Waals surface area contributed by atoms with Gasteiger partial charge in [0, 0.05) is 0 Å². The van der Waals surface area contributed by atoms with Crippen molar-refractivity contribution in [3.05, 3.63) is 0 Å². The van der Waals surface area contributed by atoms with Gasteiger partial charge in [-0.05, 0) is 32.1 Å². The zero-order valence-corrected chi connectivity index (χ0v) is 7.75. The lowest BCUT2D eigenvalue weighted by Gasteiger charge is -2.36. The lowest BCUT2D eigenvalue weighted by atomic mass is 9.74. The number of epoxide rings is 1. The van der Waals surface area contributed by atoms with Crippen LogP contribution >= 0.6 is 0 Å². The largest absolute Gasteiger partial charge is 0.390 e. The molecule has 70 valence electrons. The Balaban J connectivity index is 1.90. The van der Waals surface area contributed by atoms with E-state index in [2.05, 4.69) is 0 Å². The summed E-state index contributed by atoms with van der Waals surface area (Å²) in [4.78, 5) is 0. The molecule has 1 heterocycles. The molecule has 1 saturated carbocycles. The van der Waals surface area contributed by atoms with Crippen LogP contribution in [0.15, 0.2) is 0 Å². The molecule has 0 aromatic heterocycles. The van der Waals surface area contributed by atoms with Gasteiger partial charge in [0.05, 0.1) is 18.3 Å². The number of ether oxygens (including phenoxy) is 1.